The molecule has 0 aliphatic heterocycles. The maximum absolute atomic E-state index is 14.4. The van der Waals surface area contributed by atoms with Gasteiger partial charge in [-0.05, 0) is 37.6 Å². The Labute approximate surface area is 198 Å². The summed E-state index contributed by atoms with van der Waals surface area (Å²) >= 11 is 0. The Balaban J connectivity index is 2.04. The number of aliphatic hydroxyl groups is 1. The number of carbonyl (C=O) groups excluding carboxylic acids is 2. The van der Waals surface area contributed by atoms with E-state index < -0.39 is 34.5 Å². The summed E-state index contributed by atoms with van der Waals surface area (Å²) < 4.78 is 32.5. The quantitative estimate of drug-likeness (QED) is 0.361. The number of halogens is 1. The van der Waals surface area contributed by atoms with E-state index in [4.69, 9.17) is 9.84 Å². The maximum Gasteiger partial charge on any atom is 0.303 e. The van der Waals surface area contributed by atoms with Crippen molar-refractivity contribution in [1.82, 2.24) is 0 Å². The first kappa shape index (κ1) is 27.1. The van der Waals surface area contributed by atoms with Gasteiger partial charge in [-0.1, -0.05) is 19.4 Å². The molecule has 0 saturated carbocycles. The number of aliphatic hydroxyl groups excluding tert-OH is 1. The molecule has 0 radical (unpaired) electrons. The highest BCUT2D eigenvalue weighted by Gasteiger charge is 2.20. The average molecular weight is 495 g/mol. The summed E-state index contributed by atoms with van der Waals surface area (Å²) in [5.74, 6) is -3.13. The lowest BCUT2D eigenvalue weighted by Gasteiger charge is -2.17. The highest BCUT2D eigenvalue weighted by Crippen LogP contribution is 2.33. The highest BCUT2D eigenvalue weighted by atomic mass is 32.2. The van der Waals surface area contributed by atoms with Crippen molar-refractivity contribution in [1.29, 1.82) is 0 Å². The lowest BCUT2D eigenvalue weighted by molar-refractivity contribution is -0.136. The molecule has 0 bridgehead atoms. The number of carbonyl (C=O) groups is 3. The molecule has 0 aliphatic carbocycles. The molecule has 2 atom stereocenters. The minimum atomic E-state index is -1.94. The minimum Gasteiger partial charge on any atom is -0.507 e. The van der Waals surface area contributed by atoms with Crippen molar-refractivity contribution < 1.29 is 43.0 Å². The van der Waals surface area contributed by atoms with Crippen molar-refractivity contribution in [3.8, 4) is 11.5 Å². The largest absolute Gasteiger partial charge is 0.507 e. The van der Waals surface area contributed by atoms with Gasteiger partial charge in [-0.2, -0.15) is 0 Å². The summed E-state index contributed by atoms with van der Waals surface area (Å²) in [4.78, 5) is 34.0. The third kappa shape index (κ3) is 7.19. The third-order valence-electron chi connectivity index (χ3n) is 4.96. The minimum absolute atomic E-state index is 0.0272. The van der Waals surface area contributed by atoms with E-state index in [2.05, 4.69) is 0 Å². The molecular formula is C24H27FO8S. The van der Waals surface area contributed by atoms with Gasteiger partial charge in [0.05, 0.1) is 39.5 Å². The van der Waals surface area contributed by atoms with Crippen molar-refractivity contribution in [3.05, 3.63) is 52.8 Å². The van der Waals surface area contributed by atoms with E-state index in [-0.39, 0.29) is 58.5 Å². The Kier molecular flexibility index (Phi) is 9.88. The Morgan fingerprint density at radius 1 is 1.15 bits per heavy atom. The monoisotopic (exact) mass is 494 g/mol. The molecule has 2 aromatic rings. The van der Waals surface area contributed by atoms with Crippen LogP contribution in [0.25, 0.3) is 0 Å². The van der Waals surface area contributed by atoms with Gasteiger partial charge in [0.15, 0.2) is 11.6 Å². The third-order valence-corrected chi connectivity index (χ3v) is 6.47. The number of Topliss-reactive ketones (excluding diaryl/α,β-unsaturated/α-hetero) is 2. The van der Waals surface area contributed by atoms with Crippen LogP contribution in [0, 0.1) is 5.82 Å². The molecule has 0 amide bonds. The second kappa shape index (κ2) is 12.4. The topological polar surface area (TPSA) is 138 Å². The molecule has 34 heavy (non-hydrogen) atoms. The second-order valence-electron chi connectivity index (χ2n) is 7.68. The number of ether oxygens (including phenoxy) is 1. The molecule has 0 heterocycles. The van der Waals surface area contributed by atoms with E-state index in [9.17, 15) is 33.2 Å². The maximum atomic E-state index is 14.4. The predicted octanol–water partition coefficient (Wildman–Crippen LogP) is 3.28. The number of phenols is 1. The summed E-state index contributed by atoms with van der Waals surface area (Å²) in [6.07, 6.45) is -0.786. The molecule has 0 aliphatic rings. The average Bonchev–Trinajstić information content (AvgIpc) is 2.77. The van der Waals surface area contributed by atoms with Gasteiger partial charge in [0, 0.05) is 17.5 Å². The summed E-state index contributed by atoms with van der Waals surface area (Å²) in [6, 6.07) is 6.28. The number of aromatic hydroxyl groups is 1. The van der Waals surface area contributed by atoms with Crippen LogP contribution < -0.4 is 4.74 Å². The first-order valence-electron chi connectivity index (χ1n) is 10.6. The zero-order chi connectivity index (χ0) is 25.4. The molecule has 2 rings (SSSR count). The lowest BCUT2D eigenvalue weighted by atomic mass is 10.0. The first-order valence-corrected chi connectivity index (χ1v) is 12.0. The van der Waals surface area contributed by atoms with Crippen LogP contribution in [0.2, 0.25) is 0 Å². The van der Waals surface area contributed by atoms with Crippen LogP contribution in [-0.2, 0) is 22.0 Å². The number of hydrogen-bond acceptors (Lipinski definition) is 7. The SMILES string of the molecule is CCCc1c(OCC(O)CS(=O)c2ccc(C(=O)CCC(=O)O)cc2F)ccc(C(C)=O)c1O. The van der Waals surface area contributed by atoms with Crippen LogP contribution >= 0.6 is 0 Å². The van der Waals surface area contributed by atoms with Crippen molar-refractivity contribution >= 4 is 28.3 Å². The zero-order valence-corrected chi connectivity index (χ0v) is 19.7. The van der Waals surface area contributed by atoms with Gasteiger partial charge in [-0.15, -0.1) is 0 Å². The summed E-state index contributed by atoms with van der Waals surface area (Å²) in [7, 11) is -1.94. The normalized spacial score (nSPS) is 12.7. The molecular weight excluding hydrogens is 467 g/mol. The van der Waals surface area contributed by atoms with Crippen molar-refractivity contribution in [3.63, 3.8) is 0 Å². The van der Waals surface area contributed by atoms with E-state index in [0.29, 0.717) is 18.4 Å². The fourth-order valence-electron chi connectivity index (χ4n) is 3.25. The number of carboxylic acids is 1. The van der Waals surface area contributed by atoms with Crippen LogP contribution in [0.3, 0.4) is 0 Å². The van der Waals surface area contributed by atoms with Gasteiger partial charge in [0.2, 0.25) is 0 Å². The van der Waals surface area contributed by atoms with E-state index >= 15 is 0 Å². The summed E-state index contributed by atoms with van der Waals surface area (Å²) in [6.45, 7) is 2.94. The van der Waals surface area contributed by atoms with Crippen LogP contribution in [-0.4, -0.2) is 55.5 Å². The van der Waals surface area contributed by atoms with E-state index in [1.54, 1.807) is 0 Å². The van der Waals surface area contributed by atoms with Crippen LogP contribution in [0.1, 0.15) is 59.4 Å². The standard InChI is InChI=1S/C24H27FO8S/c1-3-4-18-21(8-6-17(14(2)26)24(18)31)33-12-16(27)13-34(32)22-9-5-15(11-19(22)25)20(28)7-10-23(29)30/h5-6,8-9,11,16,27,31H,3-4,7,10,12-13H2,1-2H3,(H,29,30). The number of phenolic OH excluding ortho intramolecular Hbond substituents is 1. The smallest absolute Gasteiger partial charge is 0.303 e. The van der Waals surface area contributed by atoms with Crippen molar-refractivity contribution in [2.24, 2.45) is 0 Å². The predicted molar refractivity (Wildman–Crippen MR) is 122 cm³/mol. The molecule has 10 heteroatoms. The number of benzene rings is 2. The molecule has 184 valence electrons. The number of carboxylic acid groups (broad SMARTS) is 1. The molecule has 0 spiro atoms. The molecule has 3 N–H and O–H groups in total. The molecule has 2 unspecified atom stereocenters. The first-order chi connectivity index (χ1) is 16.0. The van der Waals surface area contributed by atoms with Crippen LogP contribution in [0.5, 0.6) is 11.5 Å². The van der Waals surface area contributed by atoms with Gasteiger partial charge in [-0.25, -0.2) is 4.39 Å². The molecule has 8 nitrogen and oxygen atoms in total. The van der Waals surface area contributed by atoms with E-state index in [1.807, 2.05) is 6.92 Å². The fraction of sp³-hybridized carbons (Fsp3) is 0.375. The molecule has 0 aromatic heterocycles. The number of ketones is 2. The van der Waals surface area contributed by atoms with E-state index in [1.165, 1.54) is 31.2 Å². The number of hydrogen-bond donors (Lipinski definition) is 3. The van der Waals surface area contributed by atoms with Crippen molar-refractivity contribution in [2.45, 2.75) is 50.5 Å². The Morgan fingerprint density at radius 3 is 2.44 bits per heavy atom. The number of rotatable bonds is 13. The van der Waals surface area contributed by atoms with E-state index in [0.717, 1.165) is 6.07 Å². The van der Waals surface area contributed by atoms with Gasteiger partial charge in [0.25, 0.3) is 0 Å². The Morgan fingerprint density at radius 2 is 1.85 bits per heavy atom. The van der Waals surface area contributed by atoms with Gasteiger partial charge in [0.1, 0.15) is 23.9 Å². The molecule has 2 aromatic carbocycles. The Bertz CT molecular complexity index is 1100. The van der Waals surface area contributed by atoms with Gasteiger partial charge < -0.3 is 20.1 Å². The van der Waals surface area contributed by atoms with Crippen molar-refractivity contribution in [2.75, 3.05) is 12.4 Å². The van der Waals surface area contributed by atoms with Crippen LogP contribution in [0.15, 0.2) is 35.2 Å². The van der Waals surface area contributed by atoms with Gasteiger partial charge >= 0.3 is 5.97 Å². The molecule has 0 saturated heterocycles. The summed E-state index contributed by atoms with van der Waals surface area (Å²) in [5, 5.41) is 29.3. The molecule has 0 fully saturated rings. The fourth-order valence-corrected chi connectivity index (χ4v) is 4.37. The number of aliphatic carboxylic acids is 1. The Hall–Kier alpha value is -3.11. The zero-order valence-electron chi connectivity index (χ0n) is 18.9. The highest BCUT2D eigenvalue weighted by molar-refractivity contribution is 7.85. The second-order valence-corrected chi connectivity index (χ2v) is 9.15. The lowest BCUT2D eigenvalue weighted by Crippen LogP contribution is -2.25. The summed E-state index contributed by atoms with van der Waals surface area (Å²) in [5.41, 5.74) is 0.566. The van der Waals surface area contributed by atoms with Crippen LogP contribution in [0.4, 0.5) is 4.39 Å². The van der Waals surface area contributed by atoms with Gasteiger partial charge in [-0.3, -0.25) is 18.6 Å².